The lowest BCUT2D eigenvalue weighted by atomic mass is 9.98. The monoisotopic (exact) mass is 259 g/mol. The average molecular weight is 259 g/mol. The molecular weight excluding hydrogens is 239 g/mol. The summed E-state index contributed by atoms with van der Waals surface area (Å²) in [7, 11) is 0. The first-order chi connectivity index (χ1) is 8.38. The zero-order chi connectivity index (χ0) is 13.6. The molecular formula is C14H20F3N. The molecule has 18 heavy (non-hydrogen) atoms. The van der Waals surface area contributed by atoms with Crippen LogP contribution >= 0.6 is 0 Å². The van der Waals surface area contributed by atoms with Gasteiger partial charge in [0, 0.05) is 6.04 Å². The first-order valence-electron chi connectivity index (χ1n) is 6.23. The molecule has 0 amide bonds. The minimum Gasteiger partial charge on any atom is -0.314 e. The van der Waals surface area contributed by atoms with Gasteiger partial charge < -0.3 is 5.32 Å². The van der Waals surface area contributed by atoms with Crippen molar-refractivity contribution in [3.8, 4) is 0 Å². The molecule has 4 heteroatoms. The molecule has 0 heterocycles. The highest BCUT2D eigenvalue weighted by Gasteiger charge is 2.29. The van der Waals surface area contributed by atoms with Gasteiger partial charge >= 0.3 is 6.18 Å². The van der Waals surface area contributed by atoms with Gasteiger partial charge in [0.2, 0.25) is 0 Å². The third-order valence-corrected chi connectivity index (χ3v) is 2.98. The molecule has 2 unspecified atom stereocenters. The van der Waals surface area contributed by atoms with Gasteiger partial charge in [0.25, 0.3) is 0 Å². The van der Waals surface area contributed by atoms with Crippen molar-refractivity contribution in [3.05, 3.63) is 35.9 Å². The predicted octanol–water partition coefficient (Wildman–Crippen LogP) is 4.11. The molecule has 0 aliphatic carbocycles. The molecule has 102 valence electrons. The van der Waals surface area contributed by atoms with Crippen LogP contribution in [0.4, 0.5) is 13.2 Å². The number of alkyl halides is 3. The number of benzene rings is 1. The smallest absolute Gasteiger partial charge is 0.314 e. The molecule has 0 saturated heterocycles. The lowest BCUT2D eigenvalue weighted by Gasteiger charge is -2.17. The van der Waals surface area contributed by atoms with Gasteiger partial charge in [-0.2, -0.15) is 13.2 Å². The second-order valence-electron chi connectivity index (χ2n) is 4.77. The Bertz CT molecular complexity index is 335. The number of nitrogens with one attached hydrogen (secondary N) is 1. The molecule has 0 fully saturated rings. The van der Waals surface area contributed by atoms with Crippen molar-refractivity contribution in [1.29, 1.82) is 0 Å². The third-order valence-electron chi connectivity index (χ3n) is 2.98. The summed E-state index contributed by atoms with van der Waals surface area (Å²) in [6.45, 7) is 4.26. The molecule has 1 aromatic carbocycles. The Hall–Kier alpha value is -1.03. The zero-order valence-corrected chi connectivity index (χ0v) is 10.8. The summed E-state index contributed by atoms with van der Waals surface area (Å²) < 4.78 is 36.4. The van der Waals surface area contributed by atoms with Gasteiger partial charge in [-0.25, -0.2) is 0 Å². The maximum absolute atomic E-state index is 12.1. The summed E-state index contributed by atoms with van der Waals surface area (Å²) in [5.74, 6) is 0.358. The molecule has 0 spiro atoms. The predicted molar refractivity (Wildman–Crippen MR) is 67.6 cm³/mol. The van der Waals surface area contributed by atoms with Crippen molar-refractivity contribution in [2.45, 2.75) is 44.8 Å². The van der Waals surface area contributed by atoms with Crippen LogP contribution in [0.2, 0.25) is 0 Å². The fraction of sp³-hybridized carbons (Fsp3) is 0.571. The largest absolute Gasteiger partial charge is 0.390 e. The van der Waals surface area contributed by atoms with Gasteiger partial charge in [0.05, 0.1) is 6.42 Å². The number of hydrogen-bond donors (Lipinski definition) is 1. The van der Waals surface area contributed by atoms with Crippen LogP contribution < -0.4 is 5.32 Å². The standard InChI is InChI=1S/C14H20F3N/c1-11(13-6-4-3-5-7-13)8-9-18-12(2)10-14(15,16)17/h3-7,11-12,18H,8-10H2,1-2H3. The zero-order valence-electron chi connectivity index (χ0n) is 10.8. The SMILES string of the molecule is CC(CC(F)(F)F)NCCC(C)c1ccccc1. The number of halogens is 3. The highest BCUT2D eigenvalue weighted by atomic mass is 19.4. The van der Waals surface area contributed by atoms with Gasteiger partial charge in [-0.1, -0.05) is 37.3 Å². The molecule has 2 atom stereocenters. The summed E-state index contributed by atoms with van der Waals surface area (Å²) in [5, 5.41) is 2.92. The molecule has 0 radical (unpaired) electrons. The second kappa shape index (κ2) is 6.78. The third kappa shape index (κ3) is 6.05. The normalized spacial score (nSPS) is 15.4. The lowest BCUT2D eigenvalue weighted by Crippen LogP contribution is -2.32. The van der Waals surface area contributed by atoms with Crippen LogP contribution in [0.1, 0.15) is 38.2 Å². The Kier molecular flexibility index (Phi) is 5.66. The van der Waals surface area contributed by atoms with E-state index in [0.29, 0.717) is 12.5 Å². The Balaban J connectivity index is 2.26. The van der Waals surface area contributed by atoms with Crippen LogP contribution in [-0.4, -0.2) is 18.8 Å². The highest BCUT2D eigenvalue weighted by Crippen LogP contribution is 2.22. The lowest BCUT2D eigenvalue weighted by molar-refractivity contribution is -0.139. The van der Waals surface area contributed by atoms with Crippen LogP contribution in [0.3, 0.4) is 0 Å². The fourth-order valence-corrected chi connectivity index (χ4v) is 1.91. The van der Waals surface area contributed by atoms with Crippen LogP contribution in [-0.2, 0) is 0 Å². The van der Waals surface area contributed by atoms with Crippen molar-refractivity contribution in [2.75, 3.05) is 6.54 Å². The maximum atomic E-state index is 12.1. The van der Waals surface area contributed by atoms with Crippen molar-refractivity contribution in [2.24, 2.45) is 0 Å². The van der Waals surface area contributed by atoms with Crippen molar-refractivity contribution in [1.82, 2.24) is 5.32 Å². The Morgan fingerprint density at radius 2 is 1.72 bits per heavy atom. The molecule has 0 aromatic heterocycles. The van der Waals surface area contributed by atoms with Gasteiger partial charge in [0.15, 0.2) is 0 Å². The van der Waals surface area contributed by atoms with E-state index in [2.05, 4.69) is 12.2 Å². The summed E-state index contributed by atoms with van der Waals surface area (Å²) in [6, 6.07) is 9.48. The second-order valence-corrected chi connectivity index (χ2v) is 4.77. The van der Waals surface area contributed by atoms with Gasteiger partial charge in [-0.15, -0.1) is 0 Å². The van der Waals surface area contributed by atoms with Crippen molar-refractivity contribution in [3.63, 3.8) is 0 Å². The fourth-order valence-electron chi connectivity index (χ4n) is 1.91. The van der Waals surface area contributed by atoms with Crippen LogP contribution in [0.5, 0.6) is 0 Å². The van der Waals surface area contributed by atoms with E-state index in [1.165, 1.54) is 5.56 Å². The molecule has 0 aliphatic heterocycles. The minimum absolute atomic E-state index is 0.358. The molecule has 1 N–H and O–H groups in total. The first-order valence-corrected chi connectivity index (χ1v) is 6.23. The molecule has 1 nitrogen and oxygen atoms in total. The van der Waals surface area contributed by atoms with E-state index >= 15 is 0 Å². The number of hydrogen-bond acceptors (Lipinski definition) is 1. The highest BCUT2D eigenvalue weighted by molar-refractivity contribution is 5.18. The molecule has 0 saturated carbocycles. The Labute approximate surface area is 106 Å². The number of rotatable bonds is 6. The van der Waals surface area contributed by atoms with E-state index in [9.17, 15) is 13.2 Å². The molecule has 0 aliphatic rings. The Morgan fingerprint density at radius 1 is 1.11 bits per heavy atom. The Morgan fingerprint density at radius 3 is 2.28 bits per heavy atom. The van der Waals surface area contributed by atoms with Crippen LogP contribution in [0.25, 0.3) is 0 Å². The molecule has 1 rings (SSSR count). The molecule has 0 bridgehead atoms. The van der Waals surface area contributed by atoms with E-state index in [1.54, 1.807) is 6.92 Å². The minimum atomic E-state index is -4.09. The van der Waals surface area contributed by atoms with E-state index < -0.39 is 18.6 Å². The quantitative estimate of drug-likeness (QED) is 0.810. The topological polar surface area (TPSA) is 12.0 Å². The summed E-state index contributed by atoms with van der Waals surface area (Å²) in [6.07, 6.45) is -4.02. The summed E-state index contributed by atoms with van der Waals surface area (Å²) in [5.41, 5.74) is 1.22. The summed E-state index contributed by atoms with van der Waals surface area (Å²) in [4.78, 5) is 0. The van der Waals surface area contributed by atoms with E-state index in [4.69, 9.17) is 0 Å². The first kappa shape index (κ1) is 15.0. The van der Waals surface area contributed by atoms with Crippen LogP contribution in [0.15, 0.2) is 30.3 Å². The van der Waals surface area contributed by atoms with E-state index in [0.717, 1.165) is 6.42 Å². The maximum Gasteiger partial charge on any atom is 0.390 e. The van der Waals surface area contributed by atoms with Crippen LogP contribution in [0, 0.1) is 0 Å². The summed E-state index contributed by atoms with van der Waals surface area (Å²) >= 11 is 0. The van der Waals surface area contributed by atoms with Crippen molar-refractivity contribution >= 4 is 0 Å². The average Bonchev–Trinajstić information content (AvgIpc) is 2.27. The van der Waals surface area contributed by atoms with Crippen molar-refractivity contribution < 1.29 is 13.2 Å². The molecule has 1 aromatic rings. The van der Waals surface area contributed by atoms with E-state index in [-0.39, 0.29) is 0 Å². The van der Waals surface area contributed by atoms with E-state index in [1.807, 2.05) is 30.3 Å². The van der Waals surface area contributed by atoms with Gasteiger partial charge in [0.1, 0.15) is 0 Å². The van der Waals surface area contributed by atoms with Gasteiger partial charge in [-0.3, -0.25) is 0 Å². The van der Waals surface area contributed by atoms with Gasteiger partial charge in [-0.05, 0) is 31.4 Å².